The van der Waals surface area contributed by atoms with Crippen LogP contribution in [0, 0.1) is 0 Å². The van der Waals surface area contributed by atoms with Crippen molar-refractivity contribution >= 4 is 21.4 Å². The van der Waals surface area contributed by atoms with E-state index in [1.54, 1.807) is 36.4 Å². The van der Waals surface area contributed by atoms with Gasteiger partial charge in [0.2, 0.25) is 15.8 Å². The SMILES string of the molecule is O=S(=O)(c1ccccc1)c1ccc2nc(NC[C@H](O)c3ccccc3)nn2c1. The van der Waals surface area contributed by atoms with Gasteiger partial charge in [0, 0.05) is 6.54 Å². The van der Waals surface area contributed by atoms with Gasteiger partial charge in [-0.2, -0.15) is 4.98 Å². The predicted octanol–water partition coefficient (Wildman–Crippen LogP) is 2.71. The Morgan fingerprint density at radius 1 is 0.929 bits per heavy atom. The standard InChI is InChI=1S/C20H18N4O3S/c25-18(15-7-3-1-4-8-15)13-21-20-22-19-12-11-17(14-24(19)23-20)28(26,27)16-9-5-2-6-10-16/h1-12,14,18,25H,13H2,(H,21,23)/t18-/m0/s1. The van der Waals surface area contributed by atoms with Crippen LogP contribution in [0.1, 0.15) is 11.7 Å². The lowest BCUT2D eigenvalue weighted by atomic mass is 10.1. The van der Waals surface area contributed by atoms with E-state index in [1.165, 1.54) is 16.8 Å². The van der Waals surface area contributed by atoms with Crippen LogP contribution in [0.25, 0.3) is 5.65 Å². The molecule has 0 fully saturated rings. The van der Waals surface area contributed by atoms with Crippen LogP contribution in [-0.2, 0) is 9.84 Å². The molecule has 2 aromatic carbocycles. The minimum absolute atomic E-state index is 0.131. The maximum absolute atomic E-state index is 12.7. The van der Waals surface area contributed by atoms with Crippen molar-refractivity contribution in [1.82, 2.24) is 14.6 Å². The highest BCUT2D eigenvalue weighted by Crippen LogP contribution is 2.21. The van der Waals surface area contributed by atoms with Gasteiger partial charge in [-0.15, -0.1) is 5.10 Å². The maximum atomic E-state index is 12.7. The van der Waals surface area contributed by atoms with E-state index >= 15 is 0 Å². The van der Waals surface area contributed by atoms with Gasteiger partial charge >= 0.3 is 0 Å². The summed E-state index contributed by atoms with van der Waals surface area (Å²) in [5.74, 6) is 0.309. The summed E-state index contributed by atoms with van der Waals surface area (Å²) in [7, 11) is -3.63. The summed E-state index contributed by atoms with van der Waals surface area (Å²) in [6.45, 7) is 0.232. The summed E-state index contributed by atoms with van der Waals surface area (Å²) in [6.07, 6.45) is 0.727. The number of hydrogen-bond donors (Lipinski definition) is 2. The quantitative estimate of drug-likeness (QED) is 0.522. The molecule has 0 bridgehead atoms. The highest BCUT2D eigenvalue weighted by atomic mass is 32.2. The molecule has 8 heteroatoms. The molecule has 28 heavy (non-hydrogen) atoms. The molecule has 0 spiro atoms. The monoisotopic (exact) mass is 394 g/mol. The van der Waals surface area contributed by atoms with E-state index in [0.29, 0.717) is 11.6 Å². The molecule has 0 saturated heterocycles. The molecule has 0 amide bonds. The van der Waals surface area contributed by atoms with E-state index < -0.39 is 15.9 Å². The minimum Gasteiger partial charge on any atom is -0.387 e. The number of aromatic nitrogens is 3. The number of aliphatic hydroxyl groups is 1. The van der Waals surface area contributed by atoms with Gasteiger partial charge < -0.3 is 10.4 Å². The molecule has 0 saturated carbocycles. The first kappa shape index (κ1) is 18.1. The van der Waals surface area contributed by atoms with Gasteiger partial charge in [0.05, 0.1) is 22.1 Å². The van der Waals surface area contributed by atoms with Crippen molar-refractivity contribution in [2.24, 2.45) is 0 Å². The number of anilines is 1. The largest absolute Gasteiger partial charge is 0.387 e. The van der Waals surface area contributed by atoms with E-state index in [1.807, 2.05) is 30.3 Å². The first-order valence-corrected chi connectivity index (χ1v) is 10.2. The van der Waals surface area contributed by atoms with Crippen LogP contribution in [0.2, 0.25) is 0 Å². The van der Waals surface area contributed by atoms with Crippen molar-refractivity contribution in [3.63, 3.8) is 0 Å². The summed E-state index contributed by atoms with van der Waals surface area (Å²) in [4.78, 5) is 4.66. The molecule has 142 valence electrons. The molecule has 0 radical (unpaired) electrons. The number of hydrogen-bond acceptors (Lipinski definition) is 6. The summed E-state index contributed by atoms with van der Waals surface area (Å²) in [6, 6.07) is 20.6. The van der Waals surface area contributed by atoms with Crippen molar-refractivity contribution in [1.29, 1.82) is 0 Å². The zero-order valence-corrected chi connectivity index (χ0v) is 15.6. The van der Waals surface area contributed by atoms with Crippen molar-refractivity contribution < 1.29 is 13.5 Å². The molecule has 4 rings (SSSR count). The van der Waals surface area contributed by atoms with E-state index in [0.717, 1.165) is 5.56 Å². The van der Waals surface area contributed by atoms with Crippen LogP contribution < -0.4 is 5.32 Å². The second kappa shape index (κ2) is 7.41. The Balaban J connectivity index is 1.55. The normalized spacial score (nSPS) is 12.8. The van der Waals surface area contributed by atoms with Crippen molar-refractivity contribution in [2.45, 2.75) is 15.9 Å². The van der Waals surface area contributed by atoms with Crippen LogP contribution in [0.3, 0.4) is 0 Å². The van der Waals surface area contributed by atoms with Crippen LogP contribution in [0.5, 0.6) is 0 Å². The summed E-state index contributed by atoms with van der Waals surface area (Å²) in [5.41, 5.74) is 1.29. The fourth-order valence-corrected chi connectivity index (χ4v) is 4.09. The molecular weight excluding hydrogens is 376 g/mol. The fraction of sp³-hybridized carbons (Fsp3) is 0.100. The van der Waals surface area contributed by atoms with Gasteiger partial charge in [-0.25, -0.2) is 12.9 Å². The Labute approximate surface area is 162 Å². The summed E-state index contributed by atoms with van der Waals surface area (Å²) < 4.78 is 26.9. The molecule has 4 aromatic rings. The topological polar surface area (TPSA) is 96.6 Å². The number of nitrogens with one attached hydrogen (secondary N) is 1. The van der Waals surface area contributed by atoms with Gasteiger partial charge in [0.1, 0.15) is 0 Å². The van der Waals surface area contributed by atoms with Crippen molar-refractivity contribution in [3.05, 3.63) is 84.6 Å². The molecule has 0 aliphatic rings. The van der Waals surface area contributed by atoms with Crippen LogP contribution >= 0.6 is 0 Å². The average Bonchev–Trinajstić information content (AvgIpc) is 3.15. The van der Waals surface area contributed by atoms with Gasteiger partial charge in [0.25, 0.3) is 0 Å². The predicted molar refractivity (Wildman–Crippen MR) is 105 cm³/mol. The second-order valence-electron chi connectivity index (χ2n) is 6.23. The first-order chi connectivity index (χ1) is 13.5. The number of aliphatic hydroxyl groups excluding tert-OH is 1. The fourth-order valence-electron chi connectivity index (χ4n) is 2.81. The number of rotatable bonds is 6. The zero-order chi connectivity index (χ0) is 19.6. The summed E-state index contributed by atoms with van der Waals surface area (Å²) >= 11 is 0. The Hall–Kier alpha value is -3.23. The maximum Gasteiger partial charge on any atom is 0.243 e. The third-order valence-electron chi connectivity index (χ3n) is 4.31. The number of fused-ring (bicyclic) bond motifs is 1. The molecule has 2 heterocycles. The highest BCUT2D eigenvalue weighted by molar-refractivity contribution is 7.91. The Morgan fingerprint density at radius 2 is 1.61 bits per heavy atom. The second-order valence-corrected chi connectivity index (χ2v) is 8.18. The van der Waals surface area contributed by atoms with Gasteiger partial charge in [0.15, 0.2) is 5.65 Å². The van der Waals surface area contributed by atoms with E-state index in [-0.39, 0.29) is 16.3 Å². The summed E-state index contributed by atoms with van der Waals surface area (Å²) in [5, 5.41) is 17.5. The number of sulfone groups is 1. The molecular formula is C20H18N4O3S. The van der Waals surface area contributed by atoms with Crippen LogP contribution in [-0.4, -0.2) is 34.7 Å². The third-order valence-corrected chi connectivity index (χ3v) is 6.06. The van der Waals surface area contributed by atoms with Crippen LogP contribution in [0.15, 0.2) is 88.8 Å². The molecule has 0 aliphatic heterocycles. The Bertz CT molecular complexity index is 1190. The van der Waals surface area contributed by atoms with Crippen LogP contribution in [0.4, 0.5) is 5.95 Å². The average molecular weight is 394 g/mol. The van der Waals surface area contributed by atoms with Gasteiger partial charge in [-0.3, -0.25) is 0 Å². The highest BCUT2D eigenvalue weighted by Gasteiger charge is 2.18. The zero-order valence-electron chi connectivity index (χ0n) is 14.8. The molecule has 7 nitrogen and oxygen atoms in total. The minimum atomic E-state index is -3.63. The lowest BCUT2D eigenvalue weighted by molar-refractivity contribution is 0.191. The number of benzene rings is 2. The van der Waals surface area contributed by atoms with E-state index in [2.05, 4.69) is 15.4 Å². The van der Waals surface area contributed by atoms with Crippen molar-refractivity contribution in [2.75, 3.05) is 11.9 Å². The third kappa shape index (κ3) is 3.60. The van der Waals surface area contributed by atoms with E-state index in [9.17, 15) is 13.5 Å². The molecule has 2 aromatic heterocycles. The van der Waals surface area contributed by atoms with Crippen molar-refractivity contribution in [3.8, 4) is 0 Å². The molecule has 0 aliphatic carbocycles. The molecule has 2 N–H and O–H groups in total. The van der Waals surface area contributed by atoms with Gasteiger partial charge in [-0.1, -0.05) is 48.5 Å². The van der Waals surface area contributed by atoms with E-state index in [4.69, 9.17) is 0 Å². The smallest absolute Gasteiger partial charge is 0.243 e. The Morgan fingerprint density at radius 3 is 2.32 bits per heavy atom. The number of pyridine rings is 1. The molecule has 1 atom stereocenters. The molecule has 0 unspecified atom stereocenters. The van der Waals surface area contributed by atoms with Gasteiger partial charge in [-0.05, 0) is 29.8 Å². The lowest BCUT2D eigenvalue weighted by Gasteiger charge is -2.10. The lowest BCUT2D eigenvalue weighted by Crippen LogP contribution is -2.13. The first-order valence-electron chi connectivity index (χ1n) is 8.67. The number of nitrogens with zero attached hydrogens (tertiary/aromatic N) is 3. The Kier molecular flexibility index (Phi) is 4.81.